The molecular weight excluding hydrogens is 240 g/mol. The van der Waals surface area contributed by atoms with Crippen molar-refractivity contribution in [2.45, 2.75) is 57.0 Å². The van der Waals surface area contributed by atoms with E-state index < -0.39 is 11.4 Å². The maximum Gasteiger partial charge on any atom is 0.314 e. The van der Waals surface area contributed by atoms with Gasteiger partial charge in [0, 0.05) is 0 Å². The molecule has 1 atom stereocenters. The number of carboxylic acid groups (broad SMARTS) is 1. The first kappa shape index (κ1) is 12.5. The Morgan fingerprint density at radius 1 is 1.37 bits per heavy atom. The van der Waals surface area contributed by atoms with Crippen LogP contribution in [0.4, 0.5) is 0 Å². The maximum atomic E-state index is 11.7. The van der Waals surface area contributed by atoms with Gasteiger partial charge in [0.15, 0.2) is 0 Å². The molecule has 1 aliphatic heterocycles. The number of aryl methyl sites for hydroxylation is 1. The lowest BCUT2D eigenvalue weighted by atomic mass is 9.78. The fraction of sp³-hybridized carbons (Fsp3) is 0.562. The Morgan fingerprint density at radius 2 is 2.11 bits per heavy atom. The highest BCUT2D eigenvalue weighted by Gasteiger charge is 2.43. The van der Waals surface area contributed by atoms with Gasteiger partial charge in [-0.2, -0.15) is 0 Å². The predicted molar refractivity (Wildman–Crippen MR) is 72.6 cm³/mol. The van der Waals surface area contributed by atoms with Crippen LogP contribution in [0.5, 0.6) is 5.75 Å². The van der Waals surface area contributed by atoms with Crippen LogP contribution in [0, 0.1) is 0 Å². The summed E-state index contributed by atoms with van der Waals surface area (Å²) in [5.74, 6) is 0.260. The van der Waals surface area contributed by atoms with Crippen molar-refractivity contribution in [3.8, 4) is 5.75 Å². The maximum absolute atomic E-state index is 11.7. The summed E-state index contributed by atoms with van der Waals surface area (Å²) in [4.78, 5) is 11.7. The smallest absolute Gasteiger partial charge is 0.314 e. The standard InChI is InChI=1S/C16H20O3/c1-11-4-5-12-10-13(6-7-14(12)19-11)16(15(17)18)8-2-3-9-16/h6-7,10-11H,2-5,8-9H2,1H3,(H,17,18). The molecule has 3 heteroatoms. The number of carboxylic acids is 1. The van der Waals surface area contributed by atoms with E-state index in [1.54, 1.807) is 0 Å². The molecule has 0 radical (unpaired) electrons. The van der Waals surface area contributed by atoms with Gasteiger partial charge in [-0.15, -0.1) is 0 Å². The van der Waals surface area contributed by atoms with Crippen molar-refractivity contribution in [2.24, 2.45) is 0 Å². The van der Waals surface area contributed by atoms with Crippen molar-refractivity contribution in [1.82, 2.24) is 0 Å². The Labute approximate surface area is 113 Å². The van der Waals surface area contributed by atoms with Crippen LogP contribution < -0.4 is 4.74 Å². The summed E-state index contributed by atoms with van der Waals surface area (Å²) >= 11 is 0. The number of ether oxygens (including phenoxy) is 1. The van der Waals surface area contributed by atoms with Gasteiger partial charge in [-0.3, -0.25) is 4.79 Å². The quantitative estimate of drug-likeness (QED) is 0.887. The van der Waals surface area contributed by atoms with Crippen LogP contribution in [0.15, 0.2) is 18.2 Å². The third-order valence-corrected chi connectivity index (χ3v) is 4.63. The van der Waals surface area contributed by atoms with E-state index in [0.717, 1.165) is 49.8 Å². The SMILES string of the molecule is CC1CCc2cc(C3(C(=O)O)CCCC3)ccc2O1. The van der Waals surface area contributed by atoms with E-state index >= 15 is 0 Å². The van der Waals surface area contributed by atoms with Gasteiger partial charge in [-0.1, -0.05) is 25.0 Å². The zero-order valence-electron chi connectivity index (χ0n) is 11.3. The molecule has 19 heavy (non-hydrogen) atoms. The second kappa shape index (κ2) is 4.55. The summed E-state index contributed by atoms with van der Waals surface area (Å²) in [7, 11) is 0. The van der Waals surface area contributed by atoms with Crippen molar-refractivity contribution < 1.29 is 14.6 Å². The molecule has 1 aromatic rings. The molecule has 1 heterocycles. The molecule has 1 aromatic carbocycles. The Morgan fingerprint density at radius 3 is 2.79 bits per heavy atom. The van der Waals surface area contributed by atoms with Crippen molar-refractivity contribution in [3.05, 3.63) is 29.3 Å². The van der Waals surface area contributed by atoms with Crippen molar-refractivity contribution >= 4 is 5.97 Å². The predicted octanol–water partition coefficient (Wildman–Crippen LogP) is 3.30. The lowest BCUT2D eigenvalue weighted by molar-refractivity contribution is -0.143. The van der Waals surface area contributed by atoms with E-state index in [1.165, 1.54) is 5.56 Å². The largest absolute Gasteiger partial charge is 0.490 e. The molecule has 0 amide bonds. The van der Waals surface area contributed by atoms with Crippen LogP contribution in [0.3, 0.4) is 0 Å². The van der Waals surface area contributed by atoms with Gasteiger partial charge in [0.1, 0.15) is 5.75 Å². The number of hydrogen-bond acceptors (Lipinski definition) is 2. The van der Waals surface area contributed by atoms with Gasteiger partial charge < -0.3 is 9.84 Å². The van der Waals surface area contributed by atoms with E-state index in [4.69, 9.17) is 4.74 Å². The second-order valence-corrected chi connectivity index (χ2v) is 5.88. The molecule has 1 aliphatic carbocycles. The first-order chi connectivity index (χ1) is 9.12. The Balaban J connectivity index is 1.99. The number of hydrogen-bond donors (Lipinski definition) is 1. The van der Waals surface area contributed by atoms with Crippen LogP contribution in [-0.4, -0.2) is 17.2 Å². The fourth-order valence-corrected chi connectivity index (χ4v) is 3.43. The summed E-state index contributed by atoms with van der Waals surface area (Å²) in [5, 5.41) is 9.63. The average Bonchev–Trinajstić information content (AvgIpc) is 2.88. The summed E-state index contributed by atoms with van der Waals surface area (Å²) in [6.45, 7) is 2.08. The van der Waals surface area contributed by atoms with E-state index in [9.17, 15) is 9.90 Å². The van der Waals surface area contributed by atoms with Crippen molar-refractivity contribution in [2.75, 3.05) is 0 Å². The van der Waals surface area contributed by atoms with Crippen LogP contribution in [-0.2, 0) is 16.6 Å². The highest BCUT2D eigenvalue weighted by molar-refractivity contribution is 5.82. The normalized spacial score (nSPS) is 24.6. The minimum Gasteiger partial charge on any atom is -0.490 e. The number of aliphatic carboxylic acids is 1. The third kappa shape index (κ3) is 2.01. The molecule has 3 rings (SSSR count). The first-order valence-corrected chi connectivity index (χ1v) is 7.15. The van der Waals surface area contributed by atoms with Gasteiger partial charge in [0.25, 0.3) is 0 Å². The molecule has 0 saturated heterocycles. The number of fused-ring (bicyclic) bond motifs is 1. The van der Waals surface area contributed by atoms with Crippen molar-refractivity contribution in [1.29, 1.82) is 0 Å². The topological polar surface area (TPSA) is 46.5 Å². The highest BCUT2D eigenvalue weighted by atomic mass is 16.5. The molecule has 0 aromatic heterocycles. The zero-order chi connectivity index (χ0) is 13.5. The lowest BCUT2D eigenvalue weighted by Crippen LogP contribution is -2.33. The summed E-state index contributed by atoms with van der Waals surface area (Å²) in [6.07, 6.45) is 5.81. The van der Waals surface area contributed by atoms with Gasteiger partial charge in [-0.25, -0.2) is 0 Å². The van der Waals surface area contributed by atoms with E-state index in [0.29, 0.717) is 0 Å². The second-order valence-electron chi connectivity index (χ2n) is 5.88. The summed E-state index contributed by atoms with van der Waals surface area (Å²) < 4.78 is 5.80. The number of rotatable bonds is 2. The molecule has 1 saturated carbocycles. The minimum absolute atomic E-state index is 0.262. The van der Waals surface area contributed by atoms with E-state index in [1.807, 2.05) is 12.1 Å². The van der Waals surface area contributed by atoms with E-state index in [-0.39, 0.29) is 6.10 Å². The van der Waals surface area contributed by atoms with E-state index in [2.05, 4.69) is 13.0 Å². The number of benzene rings is 1. The Hall–Kier alpha value is -1.51. The average molecular weight is 260 g/mol. The molecule has 1 unspecified atom stereocenters. The molecule has 1 fully saturated rings. The van der Waals surface area contributed by atoms with Gasteiger partial charge in [-0.05, 0) is 49.8 Å². The van der Waals surface area contributed by atoms with Gasteiger partial charge in [0.2, 0.25) is 0 Å². The highest BCUT2D eigenvalue weighted by Crippen LogP contribution is 2.43. The Bertz CT molecular complexity index is 501. The molecular formula is C16H20O3. The van der Waals surface area contributed by atoms with Crippen LogP contribution in [0.25, 0.3) is 0 Å². The molecule has 102 valence electrons. The summed E-state index contributed by atoms with van der Waals surface area (Å²) in [6, 6.07) is 5.99. The number of carbonyl (C=O) groups is 1. The summed E-state index contributed by atoms with van der Waals surface area (Å²) in [5.41, 5.74) is 1.48. The molecule has 0 spiro atoms. The van der Waals surface area contributed by atoms with Crippen molar-refractivity contribution in [3.63, 3.8) is 0 Å². The zero-order valence-corrected chi connectivity index (χ0v) is 11.3. The molecule has 3 nitrogen and oxygen atoms in total. The third-order valence-electron chi connectivity index (χ3n) is 4.63. The van der Waals surface area contributed by atoms with Crippen LogP contribution >= 0.6 is 0 Å². The molecule has 2 aliphatic rings. The van der Waals surface area contributed by atoms with Gasteiger partial charge in [0.05, 0.1) is 11.5 Å². The van der Waals surface area contributed by atoms with Crippen LogP contribution in [0.2, 0.25) is 0 Å². The molecule has 0 bridgehead atoms. The Kier molecular flexibility index (Phi) is 3.00. The monoisotopic (exact) mass is 260 g/mol. The molecule has 1 N–H and O–H groups in total. The van der Waals surface area contributed by atoms with Gasteiger partial charge >= 0.3 is 5.97 Å². The van der Waals surface area contributed by atoms with Crippen LogP contribution in [0.1, 0.15) is 50.2 Å². The first-order valence-electron chi connectivity index (χ1n) is 7.15. The lowest BCUT2D eigenvalue weighted by Gasteiger charge is -2.28. The fourth-order valence-electron chi connectivity index (χ4n) is 3.43. The minimum atomic E-state index is -0.671.